The molecule has 1 heterocycles. The number of para-hydroxylation sites is 1. The van der Waals surface area contributed by atoms with E-state index in [4.69, 9.17) is 0 Å². The third-order valence-corrected chi connectivity index (χ3v) is 4.38. The Labute approximate surface area is 155 Å². The summed E-state index contributed by atoms with van der Waals surface area (Å²) < 4.78 is 1.83. The van der Waals surface area contributed by atoms with Gasteiger partial charge in [0, 0.05) is 25.7 Å². The fourth-order valence-corrected chi connectivity index (χ4v) is 2.81. The highest BCUT2D eigenvalue weighted by molar-refractivity contribution is 6.03. The van der Waals surface area contributed by atoms with E-state index in [2.05, 4.69) is 15.7 Å². The molecule has 6 nitrogen and oxygen atoms in total. The van der Waals surface area contributed by atoms with Crippen molar-refractivity contribution < 1.29 is 9.59 Å². The van der Waals surface area contributed by atoms with Crippen molar-refractivity contribution in [2.45, 2.75) is 40.5 Å². The SMILES string of the molecule is Cc1nn(C)c(C)c1CCC(=O)Nc1ccccc1C(=O)NCC(C)C. The summed E-state index contributed by atoms with van der Waals surface area (Å²) in [5, 5.41) is 10.1. The number of hydrogen-bond donors (Lipinski definition) is 2. The van der Waals surface area contributed by atoms with Crippen LogP contribution in [0.15, 0.2) is 24.3 Å². The second kappa shape index (κ2) is 8.65. The molecule has 6 heteroatoms. The third-order valence-electron chi connectivity index (χ3n) is 4.38. The number of benzene rings is 1. The molecule has 2 amide bonds. The number of rotatable bonds is 7. The van der Waals surface area contributed by atoms with Crippen LogP contribution < -0.4 is 10.6 Å². The van der Waals surface area contributed by atoms with Gasteiger partial charge in [-0.1, -0.05) is 26.0 Å². The van der Waals surface area contributed by atoms with Gasteiger partial charge in [-0.15, -0.1) is 0 Å². The molecule has 0 saturated carbocycles. The van der Waals surface area contributed by atoms with Crippen molar-refractivity contribution in [3.63, 3.8) is 0 Å². The van der Waals surface area contributed by atoms with E-state index in [1.54, 1.807) is 18.2 Å². The van der Waals surface area contributed by atoms with Gasteiger partial charge in [0.15, 0.2) is 0 Å². The Morgan fingerprint density at radius 3 is 2.50 bits per heavy atom. The van der Waals surface area contributed by atoms with E-state index in [-0.39, 0.29) is 11.8 Å². The molecule has 1 aromatic heterocycles. The van der Waals surface area contributed by atoms with Crippen molar-refractivity contribution in [3.8, 4) is 0 Å². The van der Waals surface area contributed by atoms with Crippen LogP contribution in [0.2, 0.25) is 0 Å². The van der Waals surface area contributed by atoms with Crippen molar-refractivity contribution in [1.29, 1.82) is 0 Å². The molecule has 140 valence electrons. The fraction of sp³-hybridized carbons (Fsp3) is 0.450. The number of hydrogen-bond acceptors (Lipinski definition) is 3. The molecule has 2 aromatic rings. The maximum absolute atomic E-state index is 12.4. The van der Waals surface area contributed by atoms with Crippen molar-refractivity contribution in [2.24, 2.45) is 13.0 Å². The highest BCUT2D eigenvalue weighted by Gasteiger charge is 2.15. The molecular weight excluding hydrogens is 328 g/mol. The summed E-state index contributed by atoms with van der Waals surface area (Å²) in [4.78, 5) is 24.7. The smallest absolute Gasteiger partial charge is 0.253 e. The molecule has 2 rings (SSSR count). The number of carbonyl (C=O) groups is 2. The molecule has 0 atom stereocenters. The Hall–Kier alpha value is -2.63. The lowest BCUT2D eigenvalue weighted by Crippen LogP contribution is -2.28. The van der Waals surface area contributed by atoms with E-state index < -0.39 is 0 Å². The number of nitrogens with zero attached hydrogens (tertiary/aromatic N) is 2. The predicted molar refractivity (Wildman–Crippen MR) is 103 cm³/mol. The molecule has 0 unspecified atom stereocenters. The average molecular weight is 356 g/mol. The van der Waals surface area contributed by atoms with Crippen LogP contribution in [0.4, 0.5) is 5.69 Å². The van der Waals surface area contributed by atoms with Gasteiger partial charge < -0.3 is 10.6 Å². The Morgan fingerprint density at radius 2 is 1.88 bits per heavy atom. The molecule has 26 heavy (non-hydrogen) atoms. The minimum absolute atomic E-state index is 0.114. The van der Waals surface area contributed by atoms with E-state index in [0.717, 1.165) is 17.0 Å². The standard InChI is InChI=1S/C20H28N4O2/c1-13(2)12-21-20(26)17-8-6-7-9-18(17)22-19(25)11-10-16-14(3)23-24(5)15(16)4/h6-9,13H,10-12H2,1-5H3,(H,21,26)(H,22,25). The zero-order valence-electron chi connectivity index (χ0n) is 16.2. The van der Waals surface area contributed by atoms with E-state index in [1.807, 2.05) is 45.5 Å². The minimum atomic E-state index is -0.173. The number of aromatic nitrogens is 2. The van der Waals surface area contributed by atoms with Gasteiger partial charge in [-0.3, -0.25) is 14.3 Å². The van der Waals surface area contributed by atoms with Crippen LogP contribution in [-0.2, 0) is 18.3 Å². The van der Waals surface area contributed by atoms with Crippen LogP contribution in [0.5, 0.6) is 0 Å². The first-order chi connectivity index (χ1) is 12.3. The van der Waals surface area contributed by atoms with Crippen LogP contribution in [0.3, 0.4) is 0 Å². The lowest BCUT2D eigenvalue weighted by Gasteiger charge is -2.12. The lowest BCUT2D eigenvalue weighted by atomic mass is 10.1. The summed E-state index contributed by atoms with van der Waals surface area (Å²) in [6.45, 7) is 8.63. The quantitative estimate of drug-likeness (QED) is 0.801. The molecule has 0 bridgehead atoms. The van der Waals surface area contributed by atoms with Gasteiger partial charge in [-0.2, -0.15) is 5.10 Å². The molecule has 0 aliphatic heterocycles. The maximum Gasteiger partial charge on any atom is 0.253 e. The van der Waals surface area contributed by atoms with Gasteiger partial charge in [0.25, 0.3) is 5.91 Å². The number of aryl methyl sites for hydroxylation is 2. The summed E-state index contributed by atoms with van der Waals surface area (Å²) in [5.74, 6) is 0.0805. The molecule has 0 aliphatic rings. The first kappa shape index (κ1) is 19.7. The van der Waals surface area contributed by atoms with Crippen LogP contribution >= 0.6 is 0 Å². The van der Waals surface area contributed by atoms with Crippen molar-refractivity contribution >= 4 is 17.5 Å². The van der Waals surface area contributed by atoms with Gasteiger partial charge in [0.1, 0.15) is 0 Å². The van der Waals surface area contributed by atoms with Crippen LogP contribution in [0, 0.1) is 19.8 Å². The van der Waals surface area contributed by atoms with Gasteiger partial charge in [-0.25, -0.2) is 0 Å². The zero-order valence-corrected chi connectivity index (χ0v) is 16.2. The molecule has 2 N–H and O–H groups in total. The Balaban J connectivity index is 2.02. The average Bonchev–Trinajstić information content (AvgIpc) is 2.83. The topological polar surface area (TPSA) is 76.0 Å². The second-order valence-corrected chi connectivity index (χ2v) is 6.97. The van der Waals surface area contributed by atoms with E-state index in [0.29, 0.717) is 36.6 Å². The molecular formula is C20H28N4O2. The highest BCUT2D eigenvalue weighted by Crippen LogP contribution is 2.17. The van der Waals surface area contributed by atoms with E-state index >= 15 is 0 Å². The predicted octanol–water partition coefficient (Wildman–Crippen LogP) is 2.99. The van der Waals surface area contributed by atoms with Gasteiger partial charge in [-0.05, 0) is 43.9 Å². The van der Waals surface area contributed by atoms with Gasteiger partial charge in [0.05, 0.1) is 16.9 Å². The first-order valence-electron chi connectivity index (χ1n) is 8.95. The summed E-state index contributed by atoms with van der Waals surface area (Å²) >= 11 is 0. The molecule has 0 aliphatic carbocycles. The third kappa shape index (κ3) is 4.94. The summed E-state index contributed by atoms with van der Waals surface area (Å²) in [6.07, 6.45) is 0.967. The van der Waals surface area contributed by atoms with E-state index in [1.165, 1.54) is 0 Å². The normalized spacial score (nSPS) is 10.8. The van der Waals surface area contributed by atoms with Crippen LogP contribution in [0.1, 0.15) is 47.6 Å². The van der Waals surface area contributed by atoms with Crippen LogP contribution in [0.25, 0.3) is 0 Å². The summed E-state index contributed by atoms with van der Waals surface area (Å²) in [5.41, 5.74) is 4.15. The molecule has 0 fully saturated rings. The molecule has 0 radical (unpaired) electrons. The zero-order chi connectivity index (χ0) is 19.3. The molecule has 0 spiro atoms. The number of carbonyl (C=O) groups excluding carboxylic acids is 2. The minimum Gasteiger partial charge on any atom is -0.352 e. The van der Waals surface area contributed by atoms with Gasteiger partial charge in [0.2, 0.25) is 5.91 Å². The largest absolute Gasteiger partial charge is 0.352 e. The second-order valence-electron chi connectivity index (χ2n) is 6.97. The Morgan fingerprint density at radius 1 is 1.19 bits per heavy atom. The van der Waals surface area contributed by atoms with Crippen molar-refractivity contribution in [1.82, 2.24) is 15.1 Å². The van der Waals surface area contributed by atoms with Crippen LogP contribution in [-0.4, -0.2) is 28.1 Å². The molecule has 1 aromatic carbocycles. The molecule has 0 saturated heterocycles. The lowest BCUT2D eigenvalue weighted by molar-refractivity contribution is -0.116. The number of amides is 2. The van der Waals surface area contributed by atoms with E-state index in [9.17, 15) is 9.59 Å². The highest BCUT2D eigenvalue weighted by atomic mass is 16.2. The van der Waals surface area contributed by atoms with Crippen molar-refractivity contribution in [2.75, 3.05) is 11.9 Å². The first-order valence-corrected chi connectivity index (χ1v) is 8.95. The maximum atomic E-state index is 12.4. The van der Waals surface area contributed by atoms with Gasteiger partial charge >= 0.3 is 0 Å². The Bertz CT molecular complexity index is 793. The summed E-state index contributed by atoms with van der Waals surface area (Å²) in [7, 11) is 1.90. The summed E-state index contributed by atoms with van der Waals surface area (Å²) in [6, 6.07) is 7.08. The number of anilines is 1. The van der Waals surface area contributed by atoms with Crippen molar-refractivity contribution in [3.05, 3.63) is 46.8 Å². The number of nitrogens with one attached hydrogen (secondary N) is 2. The fourth-order valence-electron chi connectivity index (χ4n) is 2.81. The Kier molecular flexibility index (Phi) is 6.55. The monoisotopic (exact) mass is 356 g/mol.